The van der Waals surface area contributed by atoms with Crippen molar-refractivity contribution in [3.63, 3.8) is 0 Å². The Labute approximate surface area is 122 Å². The number of hydrogen-bond donors (Lipinski definition) is 1. The predicted octanol–water partition coefficient (Wildman–Crippen LogP) is 2.45. The predicted molar refractivity (Wildman–Crippen MR) is 76.3 cm³/mol. The summed E-state index contributed by atoms with van der Waals surface area (Å²) in [6.07, 6.45) is 1.81. The first-order valence-corrected chi connectivity index (χ1v) is 6.54. The molecule has 19 heavy (non-hydrogen) atoms. The van der Waals surface area contributed by atoms with Gasteiger partial charge in [0.15, 0.2) is 0 Å². The number of phenols is 1. The molecule has 0 aliphatic rings. The monoisotopic (exact) mass is 368 g/mol. The molecule has 0 saturated carbocycles. The molecule has 0 fully saturated rings. The maximum absolute atomic E-state index is 9.68. The molecule has 0 unspecified atom stereocenters. The molecule has 0 aliphatic heterocycles. The molecule has 3 rings (SSSR count). The minimum Gasteiger partial charge on any atom is -0.507 e. The van der Waals surface area contributed by atoms with Crippen LogP contribution in [0, 0.1) is 3.57 Å². The Bertz CT molecular complexity index is 735. The van der Waals surface area contributed by atoms with Gasteiger partial charge in [0.25, 0.3) is 5.89 Å². The van der Waals surface area contributed by atoms with Crippen LogP contribution in [-0.4, -0.2) is 25.0 Å². The summed E-state index contributed by atoms with van der Waals surface area (Å²) < 4.78 is 7.62. The van der Waals surface area contributed by atoms with E-state index in [2.05, 4.69) is 15.2 Å². The van der Waals surface area contributed by atoms with Crippen LogP contribution in [0.3, 0.4) is 0 Å². The van der Waals surface area contributed by atoms with Crippen LogP contribution in [0.5, 0.6) is 5.75 Å². The molecule has 0 saturated heterocycles. The lowest BCUT2D eigenvalue weighted by Crippen LogP contribution is -1.88. The molecular weight excluding hydrogens is 359 g/mol. The van der Waals surface area contributed by atoms with E-state index in [0.717, 1.165) is 3.57 Å². The summed E-state index contributed by atoms with van der Waals surface area (Å²) >= 11 is 2.05. The third-order valence-corrected chi connectivity index (χ3v) is 3.47. The van der Waals surface area contributed by atoms with Crippen LogP contribution in [0.15, 0.2) is 35.0 Å². The molecule has 1 N–H and O–H groups in total. The van der Waals surface area contributed by atoms with Gasteiger partial charge in [0.05, 0.1) is 3.57 Å². The second-order valence-corrected chi connectivity index (χ2v) is 5.13. The average Bonchev–Trinajstić information content (AvgIpc) is 3.01. The van der Waals surface area contributed by atoms with Gasteiger partial charge in [0.1, 0.15) is 11.4 Å². The molecule has 6 nitrogen and oxygen atoms in total. The molecule has 3 aromatic rings. The van der Waals surface area contributed by atoms with Gasteiger partial charge in [-0.2, -0.15) is 10.1 Å². The molecule has 0 aliphatic carbocycles. The highest BCUT2D eigenvalue weighted by Crippen LogP contribution is 2.27. The smallest absolute Gasteiger partial charge is 0.258 e. The zero-order chi connectivity index (χ0) is 13.4. The van der Waals surface area contributed by atoms with Crippen LogP contribution in [-0.2, 0) is 7.05 Å². The van der Waals surface area contributed by atoms with Crippen molar-refractivity contribution in [3.05, 3.63) is 34.0 Å². The number of benzene rings is 1. The van der Waals surface area contributed by atoms with E-state index in [1.54, 1.807) is 22.9 Å². The minimum atomic E-state index is 0.190. The summed E-state index contributed by atoms with van der Waals surface area (Å²) in [5.41, 5.74) is 1.32. The van der Waals surface area contributed by atoms with Crippen LogP contribution in [0.4, 0.5) is 0 Å². The van der Waals surface area contributed by atoms with Crippen molar-refractivity contribution in [1.29, 1.82) is 0 Å². The number of phenolic OH excluding ortho intramolecular Hbond substituents is 1. The van der Waals surface area contributed by atoms with Gasteiger partial charge in [-0.3, -0.25) is 4.68 Å². The number of halogens is 1. The third kappa shape index (κ3) is 2.33. The SMILES string of the molecule is Cn1ccc(-c2noc(-c3ccc(I)c(O)c3)n2)n1. The molecule has 0 atom stereocenters. The highest BCUT2D eigenvalue weighted by Gasteiger charge is 2.13. The fourth-order valence-electron chi connectivity index (χ4n) is 1.62. The lowest BCUT2D eigenvalue weighted by atomic mass is 10.2. The summed E-state index contributed by atoms with van der Waals surface area (Å²) in [7, 11) is 1.82. The molecule has 96 valence electrons. The standard InChI is InChI=1S/C12H9IN4O2/c1-17-5-4-9(15-17)11-14-12(19-16-11)7-2-3-8(13)10(18)6-7/h2-6,18H,1H3. The van der Waals surface area contributed by atoms with Gasteiger partial charge < -0.3 is 9.63 Å². The highest BCUT2D eigenvalue weighted by molar-refractivity contribution is 14.1. The van der Waals surface area contributed by atoms with Crippen LogP contribution in [0.1, 0.15) is 0 Å². The Balaban J connectivity index is 1.98. The Morgan fingerprint density at radius 1 is 1.32 bits per heavy atom. The third-order valence-electron chi connectivity index (χ3n) is 2.56. The fourth-order valence-corrected chi connectivity index (χ4v) is 1.96. The maximum Gasteiger partial charge on any atom is 0.258 e. The summed E-state index contributed by atoms with van der Waals surface area (Å²) in [6, 6.07) is 7.00. The maximum atomic E-state index is 9.68. The van der Waals surface area contributed by atoms with Gasteiger partial charge >= 0.3 is 0 Å². The van der Waals surface area contributed by atoms with Crippen LogP contribution in [0.2, 0.25) is 0 Å². The van der Waals surface area contributed by atoms with E-state index in [9.17, 15) is 5.11 Å². The van der Waals surface area contributed by atoms with E-state index < -0.39 is 0 Å². The van der Waals surface area contributed by atoms with E-state index in [4.69, 9.17) is 4.52 Å². The number of rotatable bonds is 2. The van der Waals surface area contributed by atoms with Crippen LogP contribution < -0.4 is 0 Å². The van der Waals surface area contributed by atoms with E-state index in [-0.39, 0.29) is 5.75 Å². The quantitative estimate of drug-likeness (QED) is 0.704. The lowest BCUT2D eigenvalue weighted by molar-refractivity contribution is 0.431. The molecule has 0 spiro atoms. The minimum absolute atomic E-state index is 0.190. The summed E-state index contributed by atoms with van der Waals surface area (Å²) in [5, 5.41) is 17.8. The average molecular weight is 368 g/mol. The summed E-state index contributed by atoms with van der Waals surface area (Å²) in [6.45, 7) is 0. The van der Waals surface area contributed by atoms with Crippen molar-refractivity contribution in [1.82, 2.24) is 19.9 Å². The largest absolute Gasteiger partial charge is 0.507 e. The number of nitrogens with zero attached hydrogens (tertiary/aromatic N) is 4. The summed E-state index contributed by atoms with van der Waals surface area (Å²) in [4.78, 5) is 4.27. The highest BCUT2D eigenvalue weighted by atomic mass is 127. The second-order valence-electron chi connectivity index (χ2n) is 3.96. The van der Waals surface area contributed by atoms with Gasteiger partial charge in [-0.1, -0.05) is 5.16 Å². The molecule has 0 radical (unpaired) electrons. The Hall–Kier alpha value is -1.90. The van der Waals surface area contributed by atoms with Gasteiger partial charge in [-0.05, 0) is 46.9 Å². The first kappa shape index (κ1) is 12.2. The Morgan fingerprint density at radius 2 is 2.16 bits per heavy atom. The molecule has 2 aromatic heterocycles. The van der Waals surface area contributed by atoms with Crippen molar-refractivity contribution in [2.75, 3.05) is 0 Å². The zero-order valence-corrected chi connectivity index (χ0v) is 12.1. The fraction of sp³-hybridized carbons (Fsp3) is 0.0833. The molecule has 7 heteroatoms. The molecule has 2 heterocycles. The van der Waals surface area contributed by atoms with E-state index in [0.29, 0.717) is 23.0 Å². The van der Waals surface area contributed by atoms with Gasteiger partial charge in [0.2, 0.25) is 5.82 Å². The number of aryl methyl sites for hydroxylation is 1. The molecule has 0 bridgehead atoms. The van der Waals surface area contributed by atoms with E-state index >= 15 is 0 Å². The van der Waals surface area contributed by atoms with Crippen molar-refractivity contribution < 1.29 is 9.63 Å². The summed E-state index contributed by atoms with van der Waals surface area (Å²) in [5.74, 6) is 0.969. The van der Waals surface area contributed by atoms with Crippen molar-refractivity contribution in [2.45, 2.75) is 0 Å². The van der Waals surface area contributed by atoms with Crippen molar-refractivity contribution in [2.24, 2.45) is 7.05 Å². The first-order valence-electron chi connectivity index (χ1n) is 5.46. The van der Waals surface area contributed by atoms with Gasteiger partial charge in [-0.25, -0.2) is 0 Å². The number of aromatic nitrogens is 4. The van der Waals surface area contributed by atoms with Gasteiger partial charge in [0, 0.05) is 18.8 Å². The Kier molecular flexibility index (Phi) is 2.97. The zero-order valence-electron chi connectivity index (χ0n) is 9.91. The molecular formula is C12H9IN4O2. The van der Waals surface area contributed by atoms with Crippen molar-refractivity contribution >= 4 is 22.6 Å². The van der Waals surface area contributed by atoms with Crippen LogP contribution >= 0.6 is 22.6 Å². The van der Waals surface area contributed by atoms with Gasteiger partial charge in [-0.15, -0.1) is 0 Å². The van der Waals surface area contributed by atoms with Crippen LogP contribution in [0.25, 0.3) is 23.0 Å². The lowest BCUT2D eigenvalue weighted by Gasteiger charge is -1.97. The number of aromatic hydroxyl groups is 1. The topological polar surface area (TPSA) is 77.0 Å². The second kappa shape index (κ2) is 4.65. The molecule has 0 amide bonds. The van der Waals surface area contributed by atoms with E-state index in [1.165, 1.54) is 0 Å². The number of hydrogen-bond acceptors (Lipinski definition) is 5. The van der Waals surface area contributed by atoms with E-state index in [1.807, 2.05) is 41.9 Å². The first-order chi connectivity index (χ1) is 9.13. The van der Waals surface area contributed by atoms with Crippen molar-refractivity contribution in [3.8, 4) is 28.7 Å². The Morgan fingerprint density at radius 3 is 2.84 bits per heavy atom. The molecule has 1 aromatic carbocycles. The normalized spacial score (nSPS) is 10.8.